The molecule has 3 rings (SSSR count). The highest BCUT2D eigenvalue weighted by molar-refractivity contribution is 5.99. The van der Waals surface area contributed by atoms with Crippen LogP contribution in [0.25, 0.3) is 0 Å². The van der Waals surface area contributed by atoms with Crippen molar-refractivity contribution < 1.29 is 9.59 Å². The van der Waals surface area contributed by atoms with Crippen molar-refractivity contribution in [2.45, 2.75) is 50.6 Å². The molecule has 1 saturated carbocycles. The highest BCUT2D eigenvalue weighted by atomic mass is 16.2. The maximum atomic E-state index is 13.1. The predicted molar refractivity (Wildman–Crippen MR) is 80.5 cm³/mol. The number of piperazine rings is 1. The lowest BCUT2D eigenvalue weighted by atomic mass is 9.71. The lowest BCUT2D eigenvalue weighted by Gasteiger charge is -2.54. The molecule has 1 aliphatic carbocycles. The van der Waals surface area contributed by atoms with Crippen LogP contribution in [0.4, 0.5) is 0 Å². The smallest absolute Gasteiger partial charge is 0.253 e. The van der Waals surface area contributed by atoms with Crippen molar-refractivity contribution >= 4 is 11.8 Å². The molecule has 1 atom stereocenters. The fourth-order valence-corrected chi connectivity index (χ4v) is 3.61. The van der Waals surface area contributed by atoms with Gasteiger partial charge in [-0.05, 0) is 38.2 Å². The molecule has 1 aromatic carbocycles. The monoisotopic (exact) mass is 286 g/mol. The van der Waals surface area contributed by atoms with Crippen LogP contribution in [0.15, 0.2) is 30.3 Å². The molecule has 0 bridgehead atoms. The fourth-order valence-electron chi connectivity index (χ4n) is 3.61. The number of carbonyl (C=O) groups excluding carboxylic acids is 2. The van der Waals surface area contributed by atoms with E-state index in [1.165, 1.54) is 0 Å². The largest absolute Gasteiger partial charge is 0.337 e. The molecule has 21 heavy (non-hydrogen) atoms. The second-order valence-electron chi connectivity index (χ2n) is 6.36. The summed E-state index contributed by atoms with van der Waals surface area (Å²) in [5, 5.41) is 2.90. The van der Waals surface area contributed by atoms with Crippen LogP contribution in [-0.2, 0) is 15.1 Å². The molecule has 2 aliphatic rings. The third-order valence-electron chi connectivity index (χ3n) is 5.23. The Morgan fingerprint density at radius 1 is 1.19 bits per heavy atom. The van der Waals surface area contributed by atoms with Crippen LogP contribution in [0.1, 0.15) is 45.1 Å². The minimum atomic E-state index is -0.950. The van der Waals surface area contributed by atoms with Gasteiger partial charge in [-0.2, -0.15) is 0 Å². The Hall–Kier alpha value is -1.84. The normalized spacial score (nSPS) is 28.0. The van der Waals surface area contributed by atoms with E-state index < -0.39 is 5.54 Å². The van der Waals surface area contributed by atoms with Crippen LogP contribution in [0.3, 0.4) is 0 Å². The van der Waals surface area contributed by atoms with Crippen molar-refractivity contribution in [2.24, 2.45) is 0 Å². The van der Waals surface area contributed by atoms with E-state index >= 15 is 0 Å². The zero-order chi connectivity index (χ0) is 15.1. The number of nitrogens with one attached hydrogen (secondary N) is 1. The molecule has 4 nitrogen and oxygen atoms in total. The molecule has 4 heteroatoms. The summed E-state index contributed by atoms with van der Waals surface area (Å²) in [7, 11) is 0. The van der Waals surface area contributed by atoms with Crippen LogP contribution < -0.4 is 5.32 Å². The number of benzene rings is 1. The van der Waals surface area contributed by atoms with Crippen molar-refractivity contribution in [3.8, 4) is 0 Å². The summed E-state index contributed by atoms with van der Waals surface area (Å²) < 4.78 is 0. The number of nitrogens with zero attached hydrogens (tertiary/aromatic N) is 1. The van der Waals surface area contributed by atoms with E-state index in [9.17, 15) is 9.59 Å². The molecular weight excluding hydrogens is 264 g/mol. The lowest BCUT2D eigenvalue weighted by molar-refractivity contribution is -0.160. The van der Waals surface area contributed by atoms with Crippen molar-refractivity contribution in [1.29, 1.82) is 0 Å². The van der Waals surface area contributed by atoms with Gasteiger partial charge in [0.1, 0.15) is 12.1 Å². The summed E-state index contributed by atoms with van der Waals surface area (Å²) >= 11 is 0. The molecule has 1 saturated heterocycles. The first-order chi connectivity index (χ1) is 10.0. The Morgan fingerprint density at radius 3 is 2.38 bits per heavy atom. The first-order valence-electron chi connectivity index (χ1n) is 7.70. The van der Waals surface area contributed by atoms with Crippen molar-refractivity contribution in [2.75, 3.05) is 6.54 Å². The third-order valence-corrected chi connectivity index (χ3v) is 5.23. The van der Waals surface area contributed by atoms with Crippen LogP contribution >= 0.6 is 0 Å². The van der Waals surface area contributed by atoms with Gasteiger partial charge in [-0.25, -0.2) is 0 Å². The zero-order valence-electron chi connectivity index (χ0n) is 12.7. The number of hydrogen-bond donors (Lipinski definition) is 1. The lowest BCUT2D eigenvalue weighted by Crippen LogP contribution is -2.70. The number of rotatable bonds is 3. The second kappa shape index (κ2) is 4.86. The van der Waals surface area contributed by atoms with Crippen molar-refractivity contribution in [3.63, 3.8) is 0 Å². The van der Waals surface area contributed by atoms with E-state index in [1.807, 2.05) is 42.2 Å². The first-order valence-corrected chi connectivity index (χ1v) is 7.70. The average Bonchev–Trinajstić information content (AvgIpc) is 2.44. The van der Waals surface area contributed by atoms with Crippen LogP contribution in [0, 0.1) is 0 Å². The average molecular weight is 286 g/mol. The summed E-state index contributed by atoms with van der Waals surface area (Å²) in [6.07, 6.45) is 4.07. The van der Waals surface area contributed by atoms with Gasteiger partial charge in [-0.3, -0.25) is 9.59 Å². The number of carbonyl (C=O) groups is 2. The highest BCUT2D eigenvalue weighted by Crippen LogP contribution is 2.43. The topological polar surface area (TPSA) is 49.4 Å². The standard InChI is InChI=1S/C17H22N2O2/c1-3-17(10-7-11-17)19-12-14(20)18-16(2,15(19)21)13-8-5-4-6-9-13/h4-6,8-9H,3,7,10-12H2,1-2H3,(H,18,20). The molecule has 0 aromatic heterocycles. The quantitative estimate of drug-likeness (QED) is 0.926. The van der Waals surface area contributed by atoms with Gasteiger partial charge >= 0.3 is 0 Å². The molecule has 2 amide bonds. The molecule has 2 fully saturated rings. The van der Waals surface area contributed by atoms with Crippen molar-refractivity contribution in [1.82, 2.24) is 10.2 Å². The van der Waals surface area contributed by atoms with Gasteiger partial charge in [0, 0.05) is 5.54 Å². The SMILES string of the molecule is CCC1(N2CC(=O)NC(C)(c3ccccc3)C2=O)CCC1. The molecule has 1 unspecified atom stereocenters. The summed E-state index contributed by atoms with van der Waals surface area (Å²) in [4.78, 5) is 27.1. The Balaban J connectivity index is 1.99. The van der Waals surface area contributed by atoms with E-state index in [0.717, 1.165) is 31.2 Å². The van der Waals surface area contributed by atoms with Gasteiger partial charge < -0.3 is 10.2 Å². The van der Waals surface area contributed by atoms with Gasteiger partial charge in [0.15, 0.2) is 0 Å². The van der Waals surface area contributed by atoms with Gasteiger partial charge in [0.2, 0.25) is 5.91 Å². The minimum Gasteiger partial charge on any atom is -0.337 e. The molecule has 1 aliphatic heterocycles. The predicted octanol–water partition coefficient (Wildman–Crippen LogP) is 2.19. The third kappa shape index (κ3) is 2.04. The van der Waals surface area contributed by atoms with E-state index in [0.29, 0.717) is 0 Å². The number of amides is 2. The van der Waals surface area contributed by atoms with Gasteiger partial charge in [-0.15, -0.1) is 0 Å². The van der Waals surface area contributed by atoms with Crippen LogP contribution in [0.2, 0.25) is 0 Å². The second-order valence-corrected chi connectivity index (χ2v) is 6.36. The van der Waals surface area contributed by atoms with Gasteiger partial charge in [0.25, 0.3) is 5.91 Å². The molecule has 1 heterocycles. The minimum absolute atomic E-state index is 0.0230. The van der Waals surface area contributed by atoms with Gasteiger partial charge in [0.05, 0.1) is 0 Å². The van der Waals surface area contributed by atoms with Crippen LogP contribution in [-0.4, -0.2) is 28.8 Å². The van der Waals surface area contributed by atoms with E-state index in [-0.39, 0.29) is 23.9 Å². The zero-order valence-corrected chi connectivity index (χ0v) is 12.7. The summed E-state index contributed by atoms with van der Waals surface area (Å²) in [5.41, 5.74) is -0.210. The van der Waals surface area contributed by atoms with Gasteiger partial charge in [-0.1, -0.05) is 37.3 Å². The van der Waals surface area contributed by atoms with E-state index in [2.05, 4.69) is 12.2 Å². The van der Waals surface area contributed by atoms with E-state index in [4.69, 9.17) is 0 Å². The van der Waals surface area contributed by atoms with E-state index in [1.54, 1.807) is 0 Å². The first kappa shape index (κ1) is 14.1. The Morgan fingerprint density at radius 2 is 1.86 bits per heavy atom. The Labute approximate surface area is 125 Å². The Kier molecular flexibility index (Phi) is 3.27. The maximum absolute atomic E-state index is 13.1. The molecule has 0 radical (unpaired) electrons. The maximum Gasteiger partial charge on any atom is 0.253 e. The molecule has 0 spiro atoms. The summed E-state index contributed by atoms with van der Waals surface area (Å²) in [6, 6.07) is 9.52. The molecular formula is C17H22N2O2. The molecule has 112 valence electrons. The molecule has 1 N–H and O–H groups in total. The summed E-state index contributed by atoms with van der Waals surface area (Å²) in [6.45, 7) is 4.12. The number of hydrogen-bond acceptors (Lipinski definition) is 2. The Bertz CT molecular complexity index is 560. The highest BCUT2D eigenvalue weighted by Gasteiger charge is 2.52. The molecule has 1 aromatic rings. The van der Waals surface area contributed by atoms with Crippen molar-refractivity contribution in [3.05, 3.63) is 35.9 Å². The van der Waals surface area contributed by atoms with Crippen LogP contribution in [0.5, 0.6) is 0 Å². The summed E-state index contributed by atoms with van der Waals surface area (Å²) in [5.74, 6) is -0.0458. The fraction of sp³-hybridized carbons (Fsp3) is 0.529.